The van der Waals surface area contributed by atoms with Crippen LogP contribution in [0.25, 0.3) is 0 Å². The Morgan fingerprint density at radius 1 is 1.20 bits per heavy atom. The zero-order valence-electron chi connectivity index (χ0n) is 14.9. The Morgan fingerprint density at radius 3 is 2.60 bits per heavy atom. The maximum absolute atomic E-state index is 6.16. The minimum absolute atomic E-state index is 0.600. The van der Waals surface area contributed by atoms with Gasteiger partial charge in [0.2, 0.25) is 0 Å². The standard InChI is InChI=1S/C19H23ClN2O2S/c1-5-24-17-9-7-14(10-18(17)23-4)12-22(3)19(25)21-15-8-6-13(2)16(20)11-15/h6-11H,5,12H2,1-4H3,(H,21,25). The first-order valence-corrected chi connectivity index (χ1v) is 8.81. The van der Waals surface area contributed by atoms with Crippen molar-refractivity contribution in [1.29, 1.82) is 0 Å². The van der Waals surface area contributed by atoms with Gasteiger partial charge in [-0.15, -0.1) is 0 Å². The Morgan fingerprint density at radius 2 is 1.96 bits per heavy atom. The molecule has 0 radical (unpaired) electrons. The molecule has 0 aliphatic heterocycles. The molecule has 0 aliphatic rings. The molecule has 6 heteroatoms. The third-order valence-corrected chi connectivity index (χ3v) is 4.54. The summed E-state index contributed by atoms with van der Waals surface area (Å²) < 4.78 is 10.9. The molecule has 0 heterocycles. The minimum atomic E-state index is 0.600. The molecule has 0 spiro atoms. The minimum Gasteiger partial charge on any atom is -0.493 e. The average molecular weight is 379 g/mol. The lowest BCUT2D eigenvalue weighted by Gasteiger charge is -2.22. The molecule has 2 aromatic carbocycles. The topological polar surface area (TPSA) is 33.7 Å². The van der Waals surface area contributed by atoms with Gasteiger partial charge in [0, 0.05) is 24.3 Å². The first kappa shape index (κ1) is 19.3. The first-order chi connectivity index (χ1) is 11.9. The van der Waals surface area contributed by atoms with Crippen molar-refractivity contribution in [1.82, 2.24) is 4.90 Å². The number of rotatable bonds is 6. The number of anilines is 1. The second-order valence-electron chi connectivity index (χ2n) is 5.67. The highest BCUT2D eigenvalue weighted by Gasteiger charge is 2.10. The summed E-state index contributed by atoms with van der Waals surface area (Å²) in [6, 6.07) is 11.7. The SMILES string of the molecule is CCOc1ccc(CN(C)C(=S)Nc2ccc(C)c(Cl)c2)cc1OC. The molecule has 0 atom stereocenters. The summed E-state index contributed by atoms with van der Waals surface area (Å²) in [5.74, 6) is 1.46. The molecule has 0 fully saturated rings. The molecule has 0 amide bonds. The number of benzene rings is 2. The van der Waals surface area contributed by atoms with Gasteiger partial charge >= 0.3 is 0 Å². The monoisotopic (exact) mass is 378 g/mol. The highest BCUT2D eigenvalue weighted by atomic mass is 35.5. The van der Waals surface area contributed by atoms with Crippen LogP contribution in [0.2, 0.25) is 5.02 Å². The van der Waals surface area contributed by atoms with Crippen molar-refractivity contribution in [2.24, 2.45) is 0 Å². The molecule has 0 aromatic heterocycles. The molecule has 134 valence electrons. The molecule has 0 bridgehead atoms. The van der Waals surface area contributed by atoms with Crippen LogP contribution in [0.3, 0.4) is 0 Å². The zero-order chi connectivity index (χ0) is 18.4. The van der Waals surface area contributed by atoms with Crippen LogP contribution in [0.4, 0.5) is 5.69 Å². The fourth-order valence-electron chi connectivity index (χ4n) is 2.32. The fourth-order valence-corrected chi connectivity index (χ4v) is 2.68. The number of ether oxygens (including phenoxy) is 2. The van der Waals surface area contributed by atoms with E-state index < -0.39 is 0 Å². The number of thiocarbonyl (C=S) groups is 1. The van der Waals surface area contributed by atoms with Gasteiger partial charge in [-0.2, -0.15) is 0 Å². The molecular formula is C19H23ClN2O2S. The Balaban J connectivity index is 2.04. The molecule has 4 nitrogen and oxygen atoms in total. The normalized spacial score (nSPS) is 10.3. The Kier molecular flexibility index (Phi) is 6.91. The van der Waals surface area contributed by atoms with Crippen LogP contribution in [0.5, 0.6) is 11.5 Å². The van der Waals surface area contributed by atoms with E-state index in [0.717, 1.165) is 28.3 Å². The van der Waals surface area contributed by atoms with Crippen LogP contribution in [0.15, 0.2) is 36.4 Å². The van der Waals surface area contributed by atoms with Gasteiger partial charge in [0.25, 0.3) is 0 Å². The van der Waals surface area contributed by atoms with Crippen molar-refractivity contribution in [3.63, 3.8) is 0 Å². The highest BCUT2D eigenvalue weighted by Crippen LogP contribution is 2.28. The van der Waals surface area contributed by atoms with Crippen LogP contribution in [-0.4, -0.2) is 30.8 Å². The third-order valence-electron chi connectivity index (χ3n) is 3.72. The molecule has 2 aromatic rings. The Hall–Kier alpha value is -1.98. The largest absolute Gasteiger partial charge is 0.493 e. The van der Waals surface area contributed by atoms with Gasteiger partial charge in [0.05, 0.1) is 13.7 Å². The van der Waals surface area contributed by atoms with Gasteiger partial charge in [0.15, 0.2) is 16.6 Å². The molecule has 0 saturated heterocycles. The quantitative estimate of drug-likeness (QED) is 0.724. The number of nitrogens with one attached hydrogen (secondary N) is 1. The van der Waals surface area contributed by atoms with Gasteiger partial charge in [-0.05, 0) is 61.5 Å². The second kappa shape index (κ2) is 8.92. The fraction of sp³-hybridized carbons (Fsp3) is 0.316. The number of hydrogen-bond donors (Lipinski definition) is 1. The lowest BCUT2D eigenvalue weighted by Crippen LogP contribution is -2.30. The van der Waals surface area contributed by atoms with Crippen molar-refractivity contribution in [2.75, 3.05) is 26.1 Å². The highest BCUT2D eigenvalue weighted by molar-refractivity contribution is 7.80. The van der Waals surface area contributed by atoms with E-state index in [0.29, 0.717) is 23.3 Å². The third kappa shape index (κ3) is 5.25. The summed E-state index contributed by atoms with van der Waals surface area (Å²) in [5.41, 5.74) is 2.98. The molecule has 0 unspecified atom stereocenters. The summed E-state index contributed by atoms with van der Waals surface area (Å²) >= 11 is 11.6. The summed E-state index contributed by atoms with van der Waals surface area (Å²) in [6.45, 7) is 5.16. The van der Waals surface area contributed by atoms with E-state index in [1.807, 2.05) is 62.2 Å². The van der Waals surface area contributed by atoms with Gasteiger partial charge in [-0.3, -0.25) is 0 Å². The number of hydrogen-bond acceptors (Lipinski definition) is 3. The number of aryl methyl sites for hydroxylation is 1. The van der Waals surface area contributed by atoms with E-state index in [9.17, 15) is 0 Å². The lowest BCUT2D eigenvalue weighted by atomic mass is 10.2. The predicted octanol–water partition coefficient (Wildman–Crippen LogP) is 4.88. The van der Waals surface area contributed by atoms with E-state index in [4.69, 9.17) is 33.3 Å². The van der Waals surface area contributed by atoms with Crippen molar-refractivity contribution in [3.05, 3.63) is 52.5 Å². The number of methoxy groups -OCH3 is 1. The maximum Gasteiger partial charge on any atom is 0.173 e. The van der Waals surface area contributed by atoms with Crippen LogP contribution >= 0.6 is 23.8 Å². The van der Waals surface area contributed by atoms with Gasteiger partial charge in [-0.1, -0.05) is 23.7 Å². The average Bonchev–Trinajstić information content (AvgIpc) is 2.59. The molecule has 25 heavy (non-hydrogen) atoms. The van der Waals surface area contributed by atoms with E-state index in [2.05, 4.69) is 5.32 Å². The van der Waals surface area contributed by atoms with Gasteiger partial charge < -0.3 is 19.7 Å². The van der Waals surface area contributed by atoms with Crippen LogP contribution in [0, 0.1) is 6.92 Å². The molecular weight excluding hydrogens is 356 g/mol. The van der Waals surface area contributed by atoms with Crippen molar-refractivity contribution in [2.45, 2.75) is 20.4 Å². The maximum atomic E-state index is 6.16. The molecule has 2 rings (SSSR count). The summed E-state index contributed by atoms with van der Waals surface area (Å²) in [5, 5.41) is 4.54. The lowest BCUT2D eigenvalue weighted by molar-refractivity contribution is 0.310. The molecule has 1 N–H and O–H groups in total. The Bertz CT molecular complexity index is 752. The van der Waals surface area contributed by atoms with Gasteiger partial charge in [0.1, 0.15) is 0 Å². The zero-order valence-corrected chi connectivity index (χ0v) is 16.5. The molecule has 0 aliphatic carbocycles. The van der Waals surface area contributed by atoms with Crippen LogP contribution < -0.4 is 14.8 Å². The predicted molar refractivity (Wildman–Crippen MR) is 108 cm³/mol. The van der Waals surface area contributed by atoms with Gasteiger partial charge in [-0.25, -0.2) is 0 Å². The first-order valence-electron chi connectivity index (χ1n) is 8.02. The Labute approximate surface area is 159 Å². The summed E-state index contributed by atoms with van der Waals surface area (Å²) in [6.07, 6.45) is 0. The van der Waals surface area contributed by atoms with Crippen molar-refractivity contribution in [3.8, 4) is 11.5 Å². The number of nitrogens with zero attached hydrogens (tertiary/aromatic N) is 1. The van der Waals surface area contributed by atoms with E-state index >= 15 is 0 Å². The van der Waals surface area contributed by atoms with E-state index in [-0.39, 0.29) is 0 Å². The van der Waals surface area contributed by atoms with E-state index in [1.165, 1.54) is 0 Å². The van der Waals surface area contributed by atoms with Crippen molar-refractivity contribution < 1.29 is 9.47 Å². The molecule has 0 saturated carbocycles. The summed E-state index contributed by atoms with van der Waals surface area (Å²) in [7, 11) is 3.58. The van der Waals surface area contributed by atoms with Crippen LogP contribution in [-0.2, 0) is 6.54 Å². The number of halogens is 1. The second-order valence-corrected chi connectivity index (χ2v) is 6.46. The smallest absolute Gasteiger partial charge is 0.173 e. The van der Waals surface area contributed by atoms with Crippen LogP contribution in [0.1, 0.15) is 18.1 Å². The summed E-state index contributed by atoms with van der Waals surface area (Å²) in [4.78, 5) is 1.96. The van der Waals surface area contributed by atoms with E-state index in [1.54, 1.807) is 7.11 Å². The van der Waals surface area contributed by atoms with Crippen molar-refractivity contribution >= 4 is 34.6 Å².